The zero-order valence-corrected chi connectivity index (χ0v) is 10.7. The summed E-state index contributed by atoms with van der Waals surface area (Å²) >= 11 is 0. The van der Waals surface area contributed by atoms with Gasteiger partial charge in [0.25, 0.3) is 0 Å². The van der Waals surface area contributed by atoms with Crippen LogP contribution in [0.1, 0.15) is 40.0 Å². The van der Waals surface area contributed by atoms with E-state index in [-0.39, 0.29) is 19.3 Å². The van der Waals surface area contributed by atoms with E-state index in [1.807, 2.05) is 0 Å². The first-order chi connectivity index (χ1) is 7.54. The Balaban J connectivity index is 2.44. The van der Waals surface area contributed by atoms with E-state index in [2.05, 4.69) is 20.8 Å². The van der Waals surface area contributed by atoms with Gasteiger partial charge >= 0.3 is 0 Å². The van der Waals surface area contributed by atoms with Gasteiger partial charge in [0.1, 0.15) is 6.10 Å². The van der Waals surface area contributed by atoms with Gasteiger partial charge in [-0.05, 0) is 30.6 Å². The molecule has 1 aliphatic carbocycles. The fourth-order valence-electron chi connectivity index (χ4n) is 2.59. The number of hydrogen-bond acceptors (Lipinski definition) is 3. The smallest absolute Gasteiger partial charge is 0.100 e. The zero-order chi connectivity index (χ0) is 12.1. The molecule has 3 nitrogen and oxygen atoms in total. The monoisotopic (exact) mass is 230 g/mol. The third-order valence-corrected chi connectivity index (χ3v) is 3.67. The average Bonchev–Trinajstić information content (AvgIpc) is 2.25. The number of hydrogen-bond donors (Lipinski definition) is 2. The Morgan fingerprint density at radius 3 is 2.56 bits per heavy atom. The number of ether oxygens (including phenoxy) is 1. The van der Waals surface area contributed by atoms with Crippen molar-refractivity contribution >= 4 is 0 Å². The highest BCUT2D eigenvalue weighted by Gasteiger charge is 2.31. The quantitative estimate of drug-likeness (QED) is 0.757. The lowest BCUT2D eigenvalue weighted by molar-refractivity contribution is -0.0776. The van der Waals surface area contributed by atoms with Crippen molar-refractivity contribution in [3.05, 3.63) is 0 Å². The highest BCUT2D eigenvalue weighted by molar-refractivity contribution is 4.81. The third kappa shape index (κ3) is 4.04. The van der Waals surface area contributed by atoms with Gasteiger partial charge in [-0.2, -0.15) is 0 Å². The van der Waals surface area contributed by atoms with Crippen molar-refractivity contribution in [1.82, 2.24) is 0 Å². The summed E-state index contributed by atoms with van der Waals surface area (Å²) in [5.41, 5.74) is 0. The standard InChI is InChI=1S/C13H26O3/c1-9(2)12-5-4-10(3)6-13(12)16-8-11(15)7-14/h9-15H,4-8H2,1-3H3/t10?,11-,12?,13?/m0/s1. The van der Waals surface area contributed by atoms with Gasteiger partial charge in [0.05, 0.1) is 19.3 Å². The summed E-state index contributed by atoms with van der Waals surface area (Å²) in [6, 6.07) is 0. The molecular weight excluding hydrogens is 204 g/mol. The van der Waals surface area contributed by atoms with Crippen LogP contribution in [0.2, 0.25) is 0 Å². The molecule has 0 saturated heterocycles. The molecule has 1 fully saturated rings. The van der Waals surface area contributed by atoms with E-state index in [0.29, 0.717) is 17.8 Å². The zero-order valence-electron chi connectivity index (χ0n) is 10.7. The maximum atomic E-state index is 9.30. The van der Waals surface area contributed by atoms with E-state index in [1.165, 1.54) is 12.8 Å². The second-order valence-corrected chi connectivity index (χ2v) is 5.53. The second-order valence-electron chi connectivity index (χ2n) is 5.53. The Morgan fingerprint density at radius 2 is 2.00 bits per heavy atom. The van der Waals surface area contributed by atoms with Crippen LogP contribution in [0.25, 0.3) is 0 Å². The maximum Gasteiger partial charge on any atom is 0.100 e. The topological polar surface area (TPSA) is 49.7 Å². The molecule has 0 radical (unpaired) electrons. The number of rotatable bonds is 5. The molecule has 0 spiro atoms. The van der Waals surface area contributed by atoms with Gasteiger partial charge in [-0.25, -0.2) is 0 Å². The lowest BCUT2D eigenvalue weighted by Crippen LogP contribution is -2.36. The molecule has 1 rings (SSSR count). The van der Waals surface area contributed by atoms with Gasteiger partial charge in [0.2, 0.25) is 0 Å². The van der Waals surface area contributed by atoms with E-state index in [4.69, 9.17) is 9.84 Å². The van der Waals surface area contributed by atoms with Crippen molar-refractivity contribution in [3.8, 4) is 0 Å². The Morgan fingerprint density at radius 1 is 1.31 bits per heavy atom. The van der Waals surface area contributed by atoms with E-state index in [0.717, 1.165) is 6.42 Å². The molecule has 3 heteroatoms. The summed E-state index contributed by atoms with van der Waals surface area (Å²) < 4.78 is 5.77. The molecule has 0 bridgehead atoms. The maximum absolute atomic E-state index is 9.30. The molecular formula is C13H26O3. The summed E-state index contributed by atoms with van der Waals surface area (Å²) in [4.78, 5) is 0. The Bertz CT molecular complexity index is 194. The molecule has 0 aromatic rings. The van der Waals surface area contributed by atoms with Crippen LogP contribution < -0.4 is 0 Å². The minimum atomic E-state index is -0.731. The average molecular weight is 230 g/mol. The molecule has 0 amide bonds. The molecule has 0 aromatic carbocycles. The SMILES string of the molecule is CC1CCC(C(C)C)C(OC[C@@H](O)CO)C1. The fraction of sp³-hybridized carbons (Fsp3) is 1.00. The highest BCUT2D eigenvalue weighted by Crippen LogP contribution is 2.35. The van der Waals surface area contributed by atoms with Gasteiger partial charge in [-0.15, -0.1) is 0 Å². The van der Waals surface area contributed by atoms with E-state index < -0.39 is 6.10 Å². The normalized spacial score (nSPS) is 33.0. The summed E-state index contributed by atoms with van der Waals surface area (Å²) in [7, 11) is 0. The van der Waals surface area contributed by atoms with Crippen molar-refractivity contribution in [2.75, 3.05) is 13.2 Å². The number of aliphatic hydroxyl groups excluding tert-OH is 2. The summed E-state index contributed by atoms with van der Waals surface area (Å²) in [5, 5.41) is 18.1. The Kier molecular flexibility index (Phi) is 5.73. The van der Waals surface area contributed by atoms with Crippen LogP contribution in [-0.2, 0) is 4.74 Å². The molecule has 2 N–H and O–H groups in total. The molecule has 16 heavy (non-hydrogen) atoms. The first kappa shape index (κ1) is 13.9. The van der Waals surface area contributed by atoms with Crippen LogP contribution >= 0.6 is 0 Å². The highest BCUT2D eigenvalue weighted by atomic mass is 16.5. The van der Waals surface area contributed by atoms with Crippen molar-refractivity contribution in [1.29, 1.82) is 0 Å². The largest absolute Gasteiger partial charge is 0.394 e. The lowest BCUT2D eigenvalue weighted by Gasteiger charge is -2.37. The van der Waals surface area contributed by atoms with Gasteiger partial charge < -0.3 is 14.9 Å². The van der Waals surface area contributed by atoms with E-state index >= 15 is 0 Å². The predicted molar refractivity (Wildman–Crippen MR) is 64.2 cm³/mol. The van der Waals surface area contributed by atoms with Gasteiger partial charge in [0.15, 0.2) is 0 Å². The second kappa shape index (κ2) is 6.58. The van der Waals surface area contributed by atoms with E-state index in [1.54, 1.807) is 0 Å². The van der Waals surface area contributed by atoms with Crippen LogP contribution in [0.4, 0.5) is 0 Å². The van der Waals surface area contributed by atoms with Crippen molar-refractivity contribution in [2.45, 2.75) is 52.2 Å². The predicted octanol–water partition coefficient (Wildman–Crippen LogP) is 1.82. The first-order valence-electron chi connectivity index (χ1n) is 6.45. The van der Waals surface area contributed by atoms with Gasteiger partial charge in [-0.3, -0.25) is 0 Å². The fourth-order valence-corrected chi connectivity index (χ4v) is 2.59. The molecule has 0 aliphatic heterocycles. The minimum Gasteiger partial charge on any atom is -0.394 e. The number of aliphatic hydroxyl groups is 2. The van der Waals surface area contributed by atoms with Crippen LogP contribution in [-0.4, -0.2) is 35.6 Å². The first-order valence-corrected chi connectivity index (χ1v) is 6.45. The third-order valence-electron chi connectivity index (χ3n) is 3.67. The molecule has 0 heterocycles. The molecule has 1 aliphatic rings. The Hall–Kier alpha value is -0.120. The van der Waals surface area contributed by atoms with E-state index in [9.17, 15) is 5.11 Å². The Labute approximate surface area is 98.8 Å². The lowest BCUT2D eigenvalue weighted by atomic mass is 9.75. The molecule has 0 aromatic heterocycles. The van der Waals surface area contributed by atoms with Gasteiger partial charge in [0, 0.05) is 0 Å². The van der Waals surface area contributed by atoms with Crippen molar-refractivity contribution < 1.29 is 14.9 Å². The summed E-state index contributed by atoms with van der Waals surface area (Å²) in [6.07, 6.45) is 3.11. The molecule has 4 atom stereocenters. The van der Waals surface area contributed by atoms with Crippen LogP contribution in [0.3, 0.4) is 0 Å². The summed E-state index contributed by atoms with van der Waals surface area (Å²) in [5.74, 6) is 1.94. The van der Waals surface area contributed by atoms with Crippen molar-refractivity contribution in [3.63, 3.8) is 0 Å². The molecule has 3 unspecified atom stereocenters. The molecule has 96 valence electrons. The van der Waals surface area contributed by atoms with Crippen LogP contribution in [0.5, 0.6) is 0 Å². The van der Waals surface area contributed by atoms with Crippen molar-refractivity contribution in [2.24, 2.45) is 17.8 Å². The van der Waals surface area contributed by atoms with Gasteiger partial charge in [-0.1, -0.05) is 27.2 Å². The summed E-state index contributed by atoms with van der Waals surface area (Å²) in [6.45, 7) is 6.78. The molecule has 1 saturated carbocycles. The minimum absolute atomic E-state index is 0.214. The van der Waals surface area contributed by atoms with Crippen LogP contribution in [0.15, 0.2) is 0 Å². The van der Waals surface area contributed by atoms with Crippen LogP contribution in [0, 0.1) is 17.8 Å².